The average molecular weight is 309 g/mol. The minimum absolute atomic E-state index is 0.116. The summed E-state index contributed by atoms with van der Waals surface area (Å²) in [5, 5.41) is 0.116. The number of ether oxygens (including phenoxy) is 1. The van der Waals surface area contributed by atoms with Gasteiger partial charge >= 0.3 is 0 Å². The van der Waals surface area contributed by atoms with E-state index in [-0.39, 0.29) is 11.1 Å². The van der Waals surface area contributed by atoms with Gasteiger partial charge in [-0.1, -0.05) is 35.9 Å². The maximum atomic E-state index is 14.0. The molecule has 0 radical (unpaired) electrons. The number of nitrogens with two attached hydrogens (primary N) is 1. The number of benzene rings is 2. The molecule has 0 aliphatic heterocycles. The van der Waals surface area contributed by atoms with Crippen LogP contribution in [-0.4, -0.2) is 7.11 Å². The van der Waals surface area contributed by atoms with E-state index in [0.717, 1.165) is 16.9 Å². The van der Waals surface area contributed by atoms with Crippen molar-refractivity contribution in [1.29, 1.82) is 0 Å². The summed E-state index contributed by atoms with van der Waals surface area (Å²) in [6.07, 6.45) is 0.398. The van der Waals surface area contributed by atoms with E-state index >= 15 is 0 Å². The minimum Gasteiger partial charge on any atom is -0.496 e. The van der Waals surface area contributed by atoms with Crippen molar-refractivity contribution in [2.75, 3.05) is 7.11 Å². The van der Waals surface area contributed by atoms with Crippen LogP contribution in [0.1, 0.15) is 22.7 Å². The van der Waals surface area contributed by atoms with Crippen LogP contribution in [0, 0.1) is 12.7 Å². The molecular weight excluding hydrogens is 291 g/mol. The maximum Gasteiger partial charge on any atom is 0.145 e. The molecule has 112 valence electrons. The first-order valence-electron chi connectivity index (χ1n) is 6.60. The summed E-state index contributed by atoms with van der Waals surface area (Å²) in [6, 6.07) is 10.5. The van der Waals surface area contributed by atoms with Gasteiger partial charge in [-0.15, -0.1) is 0 Å². The zero-order valence-corrected chi connectivity index (χ0v) is 12.7. The van der Waals surface area contributed by atoms with Gasteiger partial charge in [0.2, 0.25) is 0 Å². The molecule has 21 heavy (non-hydrogen) atoms. The lowest BCUT2D eigenvalue weighted by molar-refractivity contribution is 0.409. The van der Waals surface area contributed by atoms with Crippen molar-refractivity contribution >= 4 is 11.6 Å². The van der Waals surface area contributed by atoms with Crippen molar-refractivity contribution in [3.8, 4) is 5.75 Å². The Balaban J connectivity index is 2.30. The van der Waals surface area contributed by atoms with E-state index in [1.807, 2.05) is 25.1 Å². The fraction of sp³-hybridized carbons (Fsp3) is 0.250. The first-order chi connectivity index (χ1) is 10.1. The van der Waals surface area contributed by atoms with Crippen molar-refractivity contribution in [3.63, 3.8) is 0 Å². The zero-order chi connectivity index (χ0) is 15.4. The van der Waals surface area contributed by atoms with E-state index in [1.165, 1.54) is 6.07 Å². The third-order valence-electron chi connectivity index (χ3n) is 3.49. The molecule has 0 aliphatic carbocycles. The lowest BCUT2D eigenvalue weighted by atomic mass is 9.98. The molecule has 0 bridgehead atoms. The van der Waals surface area contributed by atoms with Crippen molar-refractivity contribution in [2.45, 2.75) is 19.4 Å². The lowest BCUT2D eigenvalue weighted by Gasteiger charge is -2.18. The highest BCUT2D eigenvalue weighted by atomic mass is 35.5. The largest absolute Gasteiger partial charge is 0.496 e. The molecule has 0 heterocycles. The molecule has 2 aromatic rings. The summed E-state index contributed by atoms with van der Waals surface area (Å²) < 4.78 is 19.3. The third kappa shape index (κ3) is 3.53. The standard InChI is InChI=1S/C16H18ClFN2O/c1-10-6-7-11(9-15(10)21-2)14(20-19)8-12-4-3-5-13(17)16(12)18/h3-7,9,14,20H,8,19H2,1-2H3. The Kier molecular flexibility index (Phi) is 5.17. The number of halogens is 2. The Morgan fingerprint density at radius 2 is 2.10 bits per heavy atom. The van der Waals surface area contributed by atoms with E-state index in [4.69, 9.17) is 22.2 Å². The van der Waals surface area contributed by atoms with Crippen LogP contribution in [0.4, 0.5) is 4.39 Å². The predicted molar refractivity (Wildman–Crippen MR) is 82.9 cm³/mol. The van der Waals surface area contributed by atoms with Crippen molar-refractivity contribution in [1.82, 2.24) is 5.43 Å². The SMILES string of the molecule is COc1cc(C(Cc2cccc(Cl)c2F)NN)ccc1C. The molecule has 1 unspecified atom stereocenters. The van der Waals surface area contributed by atoms with Crippen LogP contribution in [0.3, 0.4) is 0 Å². The third-order valence-corrected chi connectivity index (χ3v) is 3.78. The van der Waals surface area contributed by atoms with Gasteiger partial charge < -0.3 is 4.74 Å². The maximum absolute atomic E-state index is 14.0. The number of methoxy groups -OCH3 is 1. The monoisotopic (exact) mass is 308 g/mol. The number of hydrogen-bond donors (Lipinski definition) is 2. The molecule has 1 atom stereocenters. The number of aryl methyl sites for hydroxylation is 1. The topological polar surface area (TPSA) is 47.3 Å². The van der Waals surface area contributed by atoms with Gasteiger partial charge in [-0.3, -0.25) is 11.3 Å². The van der Waals surface area contributed by atoms with Crippen LogP contribution in [0.25, 0.3) is 0 Å². The van der Waals surface area contributed by atoms with Gasteiger partial charge in [-0.25, -0.2) is 4.39 Å². The van der Waals surface area contributed by atoms with E-state index < -0.39 is 5.82 Å². The summed E-state index contributed by atoms with van der Waals surface area (Å²) in [7, 11) is 1.62. The van der Waals surface area contributed by atoms with E-state index in [9.17, 15) is 4.39 Å². The molecule has 2 aromatic carbocycles. The van der Waals surface area contributed by atoms with E-state index in [2.05, 4.69) is 5.43 Å². The smallest absolute Gasteiger partial charge is 0.145 e. The summed E-state index contributed by atoms with van der Waals surface area (Å²) in [6.45, 7) is 1.96. The van der Waals surface area contributed by atoms with Crippen LogP contribution in [0.2, 0.25) is 5.02 Å². The molecule has 3 N–H and O–H groups in total. The zero-order valence-electron chi connectivity index (χ0n) is 12.0. The molecule has 0 amide bonds. The van der Waals surface area contributed by atoms with Gasteiger partial charge in [0.25, 0.3) is 0 Å². The average Bonchev–Trinajstić information content (AvgIpc) is 2.49. The number of rotatable bonds is 5. The fourth-order valence-electron chi connectivity index (χ4n) is 2.25. The number of hydrogen-bond acceptors (Lipinski definition) is 3. The molecule has 0 saturated heterocycles. The Morgan fingerprint density at radius 3 is 2.76 bits per heavy atom. The van der Waals surface area contributed by atoms with Gasteiger partial charge in [0.15, 0.2) is 0 Å². The van der Waals surface area contributed by atoms with Crippen molar-refractivity contribution in [2.24, 2.45) is 5.84 Å². The van der Waals surface area contributed by atoms with Crippen LogP contribution in [0.15, 0.2) is 36.4 Å². The predicted octanol–water partition coefficient (Wildman–Crippen LogP) is 3.54. The second-order valence-corrected chi connectivity index (χ2v) is 5.27. The molecule has 5 heteroatoms. The van der Waals surface area contributed by atoms with Gasteiger partial charge in [0.1, 0.15) is 11.6 Å². The van der Waals surface area contributed by atoms with Crippen molar-refractivity contribution < 1.29 is 9.13 Å². The van der Waals surface area contributed by atoms with E-state index in [1.54, 1.807) is 19.2 Å². The van der Waals surface area contributed by atoms with Gasteiger partial charge in [0.05, 0.1) is 18.2 Å². The Hall–Kier alpha value is -1.62. The molecule has 2 rings (SSSR count). The van der Waals surface area contributed by atoms with Crippen molar-refractivity contribution in [3.05, 3.63) is 63.9 Å². The van der Waals surface area contributed by atoms with Gasteiger partial charge in [-0.2, -0.15) is 0 Å². The molecule has 0 fully saturated rings. The minimum atomic E-state index is -0.404. The molecular formula is C16H18ClFN2O. The summed E-state index contributed by atoms with van der Waals surface area (Å²) in [5.74, 6) is 6.00. The number of nitrogens with one attached hydrogen (secondary N) is 1. The quantitative estimate of drug-likeness (QED) is 0.656. The second-order valence-electron chi connectivity index (χ2n) is 4.87. The summed E-state index contributed by atoms with van der Waals surface area (Å²) >= 11 is 5.81. The molecule has 0 saturated carbocycles. The van der Waals surface area contributed by atoms with E-state index in [0.29, 0.717) is 12.0 Å². The van der Waals surface area contributed by atoms with Gasteiger partial charge in [-0.05, 0) is 42.2 Å². The molecule has 0 spiro atoms. The van der Waals surface area contributed by atoms with Crippen LogP contribution >= 0.6 is 11.6 Å². The second kappa shape index (κ2) is 6.89. The Morgan fingerprint density at radius 1 is 1.33 bits per heavy atom. The lowest BCUT2D eigenvalue weighted by Crippen LogP contribution is -2.29. The Labute approximate surface area is 128 Å². The number of hydrazine groups is 1. The molecule has 0 aromatic heterocycles. The van der Waals surface area contributed by atoms with Crippen LogP contribution < -0.4 is 16.0 Å². The fourth-order valence-corrected chi connectivity index (χ4v) is 2.45. The van der Waals surface area contributed by atoms with Crippen LogP contribution in [0.5, 0.6) is 5.75 Å². The highest BCUT2D eigenvalue weighted by molar-refractivity contribution is 6.30. The highest BCUT2D eigenvalue weighted by Gasteiger charge is 2.16. The molecule has 3 nitrogen and oxygen atoms in total. The van der Waals surface area contributed by atoms with Gasteiger partial charge in [0, 0.05) is 0 Å². The first-order valence-corrected chi connectivity index (χ1v) is 6.98. The highest BCUT2D eigenvalue weighted by Crippen LogP contribution is 2.27. The normalized spacial score (nSPS) is 12.2. The molecule has 0 aliphatic rings. The Bertz CT molecular complexity index is 634. The summed E-state index contributed by atoms with van der Waals surface area (Å²) in [5.41, 5.74) is 5.20. The summed E-state index contributed by atoms with van der Waals surface area (Å²) in [4.78, 5) is 0. The first kappa shape index (κ1) is 15.8. The van der Waals surface area contributed by atoms with Crippen LogP contribution in [-0.2, 0) is 6.42 Å².